The lowest BCUT2D eigenvalue weighted by Gasteiger charge is -2.36. The summed E-state index contributed by atoms with van der Waals surface area (Å²) < 4.78 is 5.42. The van der Waals surface area contributed by atoms with E-state index in [9.17, 15) is 5.11 Å². The van der Waals surface area contributed by atoms with Gasteiger partial charge in [0.2, 0.25) is 5.89 Å². The number of aryl methyl sites for hydroxylation is 1. The van der Waals surface area contributed by atoms with Gasteiger partial charge in [0.15, 0.2) is 5.82 Å². The van der Waals surface area contributed by atoms with Crippen molar-refractivity contribution in [3.8, 4) is 0 Å². The maximum absolute atomic E-state index is 10.6. The summed E-state index contributed by atoms with van der Waals surface area (Å²) >= 11 is 0. The van der Waals surface area contributed by atoms with E-state index in [0.717, 1.165) is 50.2 Å². The predicted molar refractivity (Wildman–Crippen MR) is 92.4 cm³/mol. The fourth-order valence-electron chi connectivity index (χ4n) is 3.46. The average molecular weight is 329 g/mol. The quantitative estimate of drug-likeness (QED) is 0.878. The van der Waals surface area contributed by atoms with E-state index in [1.807, 2.05) is 30.3 Å². The number of aliphatic hydroxyl groups excluding tert-OH is 1. The molecule has 2 unspecified atom stereocenters. The maximum atomic E-state index is 10.6. The highest BCUT2D eigenvalue weighted by molar-refractivity contribution is 5.18. The molecule has 1 fully saturated rings. The van der Waals surface area contributed by atoms with Gasteiger partial charge in [-0.1, -0.05) is 42.4 Å². The largest absolute Gasteiger partial charge is 0.388 e. The molecule has 0 saturated carbocycles. The zero-order valence-corrected chi connectivity index (χ0v) is 14.6. The minimum absolute atomic E-state index is 0.137. The number of aliphatic hydroxyl groups is 1. The molecule has 1 aromatic heterocycles. The second-order valence-corrected chi connectivity index (χ2v) is 6.70. The molecule has 130 valence electrons. The van der Waals surface area contributed by atoms with Crippen LogP contribution in [0.3, 0.4) is 0 Å². The predicted octanol–water partition coefficient (Wildman–Crippen LogP) is 3.53. The Kier molecular flexibility index (Phi) is 5.63. The minimum Gasteiger partial charge on any atom is -0.388 e. The third-order valence-corrected chi connectivity index (χ3v) is 5.02. The minimum atomic E-state index is -0.372. The van der Waals surface area contributed by atoms with Crippen molar-refractivity contribution in [1.82, 2.24) is 15.0 Å². The molecule has 2 aromatic rings. The van der Waals surface area contributed by atoms with Crippen molar-refractivity contribution in [2.75, 3.05) is 13.1 Å². The van der Waals surface area contributed by atoms with Crippen LogP contribution in [0.2, 0.25) is 0 Å². The van der Waals surface area contributed by atoms with Crippen molar-refractivity contribution >= 4 is 0 Å². The van der Waals surface area contributed by atoms with Crippen molar-refractivity contribution in [2.24, 2.45) is 5.92 Å². The summed E-state index contributed by atoms with van der Waals surface area (Å²) in [6.45, 7) is 6.13. The summed E-state index contributed by atoms with van der Waals surface area (Å²) in [6.07, 6.45) is 3.48. The highest BCUT2D eigenvalue weighted by atomic mass is 16.5. The van der Waals surface area contributed by atoms with Gasteiger partial charge in [-0.05, 0) is 50.8 Å². The van der Waals surface area contributed by atoms with Crippen molar-refractivity contribution in [2.45, 2.75) is 51.7 Å². The van der Waals surface area contributed by atoms with E-state index in [1.54, 1.807) is 0 Å². The van der Waals surface area contributed by atoms with Crippen molar-refractivity contribution in [3.63, 3.8) is 0 Å². The van der Waals surface area contributed by atoms with Crippen molar-refractivity contribution < 1.29 is 9.63 Å². The van der Waals surface area contributed by atoms with Crippen LogP contribution in [0.25, 0.3) is 0 Å². The summed E-state index contributed by atoms with van der Waals surface area (Å²) in [5.41, 5.74) is 1.02. The Balaban J connectivity index is 1.56. The topological polar surface area (TPSA) is 62.4 Å². The van der Waals surface area contributed by atoms with Crippen LogP contribution in [-0.2, 0) is 6.42 Å². The molecule has 0 radical (unpaired) electrons. The fraction of sp³-hybridized carbons (Fsp3) is 0.579. The van der Waals surface area contributed by atoms with Gasteiger partial charge in [-0.15, -0.1) is 0 Å². The number of nitrogens with zero attached hydrogens (tertiary/aromatic N) is 3. The normalized spacial score (nSPS) is 19.3. The van der Waals surface area contributed by atoms with Gasteiger partial charge in [0, 0.05) is 6.42 Å². The first-order valence-corrected chi connectivity index (χ1v) is 8.98. The first-order chi connectivity index (χ1) is 11.7. The van der Waals surface area contributed by atoms with Gasteiger partial charge in [0.1, 0.15) is 0 Å². The summed E-state index contributed by atoms with van der Waals surface area (Å²) in [6, 6.07) is 10.1. The van der Waals surface area contributed by atoms with Gasteiger partial charge in [0.05, 0.1) is 12.1 Å². The second kappa shape index (κ2) is 7.90. The standard InChI is InChI=1S/C19H27N3O2/c1-3-7-17-20-19(24-21-17)14(2)22-12-10-16(11-13-22)18(23)15-8-5-4-6-9-15/h4-6,8-9,14,16,18,23H,3,7,10-13H2,1-2H3. The molecule has 0 amide bonds. The van der Waals surface area contributed by atoms with Crippen LogP contribution in [0.15, 0.2) is 34.9 Å². The van der Waals surface area contributed by atoms with Crippen LogP contribution >= 0.6 is 0 Å². The summed E-state index contributed by atoms with van der Waals surface area (Å²) in [5.74, 6) is 1.82. The number of hydrogen-bond acceptors (Lipinski definition) is 5. The van der Waals surface area contributed by atoms with Crippen LogP contribution in [0.4, 0.5) is 0 Å². The highest BCUT2D eigenvalue weighted by Gasteiger charge is 2.30. The molecule has 3 rings (SSSR count). The van der Waals surface area contributed by atoms with Gasteiger partial charge in [-0.25, -0.2) is 0 Å². The molecular formula is C19H27N3O2. The number of benzene rings is 1. The van der Waals surface area contributed by atoms with E-state index in [0.29, 0.717) is 11.8 Å². The average Bonchev–Trinajstić information content (AvgIpc) is 3.10. The lowest BCUT2D eigenvalue weighted by molar-refractivity contribution is 0.0420. The Hall–Kier alpha value is -1.72. The van der Waals surface area contributed by atoms with Crippen LogP contribution in [0, 0.1) is 5.92 Å². The molecule has 1 saturated heterocycles. The van der Waals surface area contributed by atoms with E-state index in [1.165, 1.54) is 0 Å². The zero-order valence-electron chi connectivity index (χ0n) is 14.6. The molecular weight excluding hydrogens is 302 g/mol. The Labute approximate surface area is 143 Å². The Morgan fingerprint density at radius 3 is 2.62 bits per heavy atom. The van der Waals surface area contributed by atoms with Gasteiger partial charge in [-0.2, -0.15) is 4.98 Å². The van der Waals surface area contributed by atoms with E-state index in [4.69, 9.17) is 4.52 Å². The second-order valence-electron chi connectivity index (χ2n) is 6.70. The monoisotopic (exact) mass is 329 g/mol. The molecule has 1 N–H and O–H groups in total. The summed E-state index contributed by atoms with van der Waals surface area (Å²) in [4.78, 5) is 6.88. The third-order valence-electron chi connectivity index (χ3n) is 5.02. The lowest BCUT2D eigenvalue weighted by atomic mass is 9.87. The SMILES string of the molecule is CCCc1noc(C(C)N2CCC(C(O)c3ccccc3)CC2)n1. The number of piperidine rings is 1. The smallest absolute Gasteiger partial charge is 0.243 e. The van der Waals surface area contributed by atoms with E-state index >= 15 is 0 Å². The number of hydrogen-bond donors (Lipinski definition) is 1. The van der Waals surface area contributed by atoms with Gasteiger partial charge >= 0.3 is 0 Å². The molecule has 1 aliphatic rings. The van der Waals surface area contributed by atoms with E-state index < -0.39 is 0 Å². The fourth-order valence-corrected chi connectivity index (χ4v) is 3.46. The Morgan fingerprint density at radius 1 is 1.25 bits per heavy atom. The Morgan fingerprint density at radius 2 is 1.96 bits per heavy atom. The molecule has 1 aromatic carbocycles. The van der Waals surface area contributed by atoms with Crippen LogP contribution < -0.4 is 0 Å². The number of likely N-dealkylation sites (tertiary alicyclic amines) is 1. The summed E-state index contributed by atoms with van der Waals surface area (Å²) in [5, 5.41) is 14.6. The summed E-state index contributed by atoms with van der Waals surface area (Å²) in [7, 11) is 0. The molecule has 5 nitrogen and oxygen atoms in total. The first kappa shape index (κ1) is 17.1. The maximum Gasteiger partial charge on any atom is 0.243 e. The van der Waals surface area contributed by atoms with Gasteiger partial charge < -0.3 is 9.63 Å². The lowest BCUT2D eigenvalue weighted by Crippen LogP contribution is -2.37. The first-order valence-electron chi connectivity index (χ1n) is 8.98. The number of rotatable bonds is 6. The van der Waals surface area contributed by atoms with E-state index in [2.05, 4.69) is 28.9 Å². The Bertz CT molecular complexity index is 621. The van der Waals surface area contributed by atoms with Crippen LogP contribution in [0.1, 0.15) is 62.5 Å². The molecule has 2 heterocycles. The van der Waals surface area contributed by atoms with Crippen molar-refractivity contribution in [3.05, 3.63) is 47.6 Å². The molecule has 0 bridgehead atoms. The molecule has 5 heteroatoms. The van der Waals surface area contributed by atoms with Crippen LogP contribution in [-0.4, -0.2) is 33.2 Å². The third kappa shape index (κ3) is 3.84. The molecule has 2 atom stereocenters. The molecule has 24 heavy (non-hydrogen) atoms. The van der Waals surface area contributed by atoms with Crippen molar-refractivity contribution in [1.29, 1.82) is 0 Å². The zero-order chi connectivity index (χ0) is 16.9. The van der Waals surface area contributed by atoms with E-state index in [-0.39, 0.29) is 12.1 Å². The van der Waals surface area contributed by atoms with Gasteiger partial charge in [0.25, 0.3) is 0 Å². The van der Waals surface area contributed by atoms with Gasteiger partial charge in [-0.3, -0.25) is 4.90 Å². The molecule has 0 aliphatic carbocycles. The van der Waals surface area contributed by atoms with Crippen LogP contribution in [0.5, 0.6) is 0 Å². The molecule has 1 aliphatic heterocycles. The number of aromatic nitrogens is 2. The highest BCUT2D eigenvalue weighted by Crippen LogP contribution is 2.33. The molecule has 0 spiro atoms.